The van der Waals surface area contributed by atoms with Gasteiger partial charge in [0.2, 0.25) is 5.91 Å². The highest BCUT2D eigenvalue weighted by Crippen LogP contribution is 2.14. The average molecular weight is 210 g/mol. The Morgan fingerprint density at radius 3 is 2.87 bits per heavy atom. The SMILES string of the molecule is CC(C)=CCC[C@@H](C)CC1NCC(=O)N1. The van der Waals surface area contributed by atoms with Crippen LogP contribution < -0.4 is 10.6 Å². The molecule has 1 heterocycles. The van der Waals surface area contributed by atoms with Crippen LogP contribution in [0, 0.1) is 5.92 Å². The molecule has 0 bridgehead atoms. The molecule has 3 heteroatoms. The van der Waals surface area contributed by atoms with Crippen LogP contribution >= 0.6 is 0 Å². The summed E-state index contributed by atoms with van der Waals surface area (Å²) in [6.07, 6.45) is 5.84. The number of amides is 1. The van der Waals surface area contributed by atoms with Crippen LogP contribution in [0.15, 0.2) is 11.6 Å². The lowest BCUT2D eigenvalue weighted by molar-refractivity contribution is -0.118. The fourth-order valence-corrected chi connectivity index (χ4v) is 1.83. The van der Waals surface area contributed by atoms with Crippen LogP contribution in [0.4, 0.5) is 0 Å². The Balaban J connectivity index is 2.15. The highest BCUT2D eigenvalue weighted by Gasteiger charge is 2.20. The minimum atomic E-state index is 0.122. The fourth-order valence-electron chi connectivity index (χ4n) is 1.83. The number of carbonyl (C=O) groups is 1. The topological polar surface area (TPSA) is 41.1 Å². The maximum Gasteiger partial charge on any atom is 0.235 e. The second-order valence-corrected chi connectivity index (χ2v) is 4.70. The van der Waals surface area contributed by atoms with Crippen LogP contribution in [0.5, 0.6) is 0 Å². The number of hydrogen-bond acceptors (Lipinski definition) is 2. The van der Waals surface area contributed by atoms with E-state index in [1.165, 1.54) is 12.0 Å². The Kier molecular flexibility index (Phi) is 4.82. The van der Waals surface area contributed by atoms with Gasteiger partial charge in [0.1, 0.15) is 0 Å². The summed E-state index contributed by atoms with van der Waals surface area (Å²) in [5.74, 6) is 0.771. The van der Waals surface area contributed by atoms with Gasteiger partial charge < -0.3 is 5.32 Å². The molecule has 0 radical (unpaired) electrons. The van der Waals surface area contributed by atoms with Gasteiger partial charge in [-0.05, 0) is 39.0 Å². The largest absolute Gasteiger partial charge is 0.340 e. The Bertz CT molecular complexity index is 244. The lowest BCUT2D eigenvalue weighted by Crippen LogP contribution is -2.33. The van der Waals surface area contributed by atoms with Crippen molar-refractivity contribution in [3.8, 4) is 0 Å². The van der Waals surface area contributed by atoms with E-state index in [9.17, 15) is 4.79 Å². The Morgan fingerprint density at radius 1 is 1.60 bits per heavy atom. The molecule has 0 aromatic heterocycles. The first-order valence-electron chi connectivity index (χ1n) is 5.74. The summed E-state index contributed by atoms with van der Waals surface area (Å²) in [6, 6.07) is 0. The van der Waals surface area contributed by atoms with Crippen LogP contribution in [0.2, 0.25) is 0 Å². The van der Waals surface area contributed by atoms with Crippen molar-refractivity contribution in [1.29, 1.82) is 0 Å². The van der Waals surface area contributed by atoms with Gasteiger partial charge in [-0.25, -0.2) is 0 Å². The predicted octanol–water partition coefficient (Wildman–Crippen LogP) is 1.80. The first-order chi connectivity index (χ1) is 7.08. The van der Waals surface area contributed by atoms with Crippen LogP contribution in [0.25, 0.3) is 0 Å². The molecular weight excluding hydrogens is 188 g/mol. The summed E-state index contributed by atoms with van der Waals surface area (Å²) < 4.78 is 0. The molecule has 2 atom stereocenters. The summed E-state index contributed by atoms with van der Waals surface area (Å²) in [5, 5.41) is 6.08. The van der Waals surface area contributed by atoms with Crippen molar-refractivity contribution in [3.05, 3.63) is 11.6 Å². The van der Waals surface area contributed by atoms with E-state index in [0.29, 0.717) is 12.5 Å². The van der Waals surface area contributed by atoms with E-state index in [2.05, 4.69) is 37.5 Å². The Hall–Kier alpha value is -0.830. The lowest BCUT2D eigenvalue weighted by atomic mass is 9.99. The van der Waals surface area contributed by atoms with Gasteiger partial charge >= 0.3 is 0 Å². The van der Waals surface area contributed by atoms with Gasteiger partial charge in [-0.2, -0.15) is 0 Å². The zero-order valence-electron chi connectivity index (χ0n) is 9.97. The highest BCUT2D eigenvalue weighted by atomic mass is 16.2. The molecule has 1 unspecified atom stereocenters. The van der Waals surface area contributed by atoms with Gasteiger partial charge in [0, 0.05) is 0 Å². The normalized spacial score (nSPS) is 22.3. The van der Waals surface area contributed by atoms with Crippen molar-refractivity contribution >= 4 is 5.91 Å². The van der Waals surface area contributed by atoms with Crippen molar-refractivity contribution < 1.29 is 4.79 Å². The summed E-state index contributed by atoms with van der Waals surface area (Å²) in [6.45, 7) is 6.98. The van der Waals surface area contributed by atoms with E-state index in [-0.39, 0.29) is 12.1 Å². The van der Waals surface area contributed by atoms with Crippen molar-refractivity contribution in [2.45, 2.75) is 46.2 Å². The van der Waals surface area contributed by atoms with E-state index in [1.807, 2.05) is 0 Å². The summed E-state index contributed by atoms with van der Waals surface area (Å²) >= 11 is 0. The number of nitrogens with one attached hydrogen (secondary N) is 2. The maximum absolute atomic E-state index is 11.0. The van der Waals surface area contributed by atoms with E-state index in [4.69, 9.17) is 0 Å². The highest BCUT2D eigenvalue weighted by molar-refractivity contribution is 5.80. The molecule has 1 aliphatic heterocycles. The van der Waals surface area contributed by atoms with E-state index in [1.54, 1.807) is 0 Å². The molecule has 1 aliphatic rings. The van der Waals surface area contributed by atoms with Crippen molar-refractivity contribution in [2.75, 3.05) is 6.54 Å². The van der Waals surface area contributed by atoms with E-state index >= 15 is 0 Å². The molecule has 0 aromatic rings. The molecule has 1 fully saturated rings. The van der Waals surface area contributed by atoms with Gasteiger partial charge in [-0.1, -0.05) is 18.6 Å². The summed E-state index contributed by atoms with van der Waals surface area (Å²) in [5.41, 5.74) is 1.38. The first-order valence-corrected chi connectivity index (χ1v) is 5.74. The zero-order chi connectivity index (χ0) is 11.3. The van der Waals surface area contributed by atoms with Gasteiger partial charge in [0.05, 0.1) is 12.7 Å². The number of hydrogen-bond donors (Lipinski definition) is 2. The molecule has 0 aliphatic carbocycles. The lowest BCUT2D eigenvalue weighted by Gasteiger charge is -2.15. The molecule has 0 spiro atoms. The molecular formula is C12H22N2O. The van der Waals surface area contributed by atoms with Crippen molar-refractivity contribution in [3.63, 3.8) is 0 Å². The smallest absolute Gasteiger partial charge is 0.235 e. The quantitative estimate of drug-likeness (QED) is 0.679. The van der Waals surface area contributed by atoms with Gasteiger partial charge in [0.25, 0.3) is 0 Å². The molecule has 86 valence electrons. The third-order valence-electron chi connectivity index (χ3n) is 2.69. The zero-order valence-corrected chi connectivity index (χ0v) is 9.97. The van der Waals surface area contributed by atoms with E-state index in [0.717, 1.165) is 12.8 Å². The Labute approximate surface area is 92.3 Å². The molecule has 1 rings (SSSR count). The molecule has 3 nitrogen and oxygen atoms in total. The third kappa shape index (κ3) is 4.98. The predicted molar refractivity (Wildman–Crippen MR) is 62.4 cm³/mol. The molecule has 0 saturated carbocycles. The van der Waals surface area contributed by atoms with Gasteiger partial charge in [0.15, 0.2) is 0 Å². The van der Waals surface area contributed by atoms with Crippen LogP contribution in [0.3, 0.4) is 0 Å². The fraction of sp³-hybridized carbons (Fsp3) is 0.750. The Morgan fingerprint density at radius 2 is 2.33 bits per heavy atom. The summed E-state index contributed by atoms with van der Waals surface area (Å²) in [4.78, 5) is 11.0. The van der Waals surface area contributed by atoms with E-state index < -0.39 is 0 Å². The van der Waals surface area contributed by atoms with Crippen LogP contribution in [-0.2, 0) is 4.79 Å². The third-order valence-corrected chi connectivity index (χ3v) is 2.69. The molecule has 15 heavy (non-hydrogen) atoms. The van der Waals surface area contributed by atoms with Gasteiger partial charge in [-0.15, -0.1) is 0 Å². The molecule has 2 N–H and O–H groups in total. The number of carbonyl (C=O) groups excluding carboxylic acids is 1. The second kappa shape index (κ2) is 5.91. The second-order valence-electron chi connectivity index (χ2n) is 4.70. The molecule has 1 saturated heterocycles. The summed E-state index contributed by atoms with van der Waals surface area (Å²) in [7, 11) is 0. The molecule has 0 aromatic carbocycles. The minimum absolute atomic E-state index is 0.122. The average Bonchev–Trinajstić information content (AvgIpc) is 2.50. The van der Waals surface area contributed by atoms with Gasteiger partial charge in [-0.3, -0.25) is 10.1 Å². The minimum Gasteiger partial charge on any atom is -0.340 e. The van der Waals surface area contributed by atoms with Crippen molar-refractivity contribution in [1.82, 2.24) is 10.6 Å². The monoisotopic (exact) mass is 210 g/mol. The first kappa shape index (κ1) is 12.2. The molecule has 1 amide bonds. The number of rotatable bonds is 5. The van der Waals surface area contributed by atoms with Crippen LogP contribution in [0.1, 0.15) is 40.0 Å². The van der Waals surface area contributed by atoms with Crippen molar-refractivity contribution in [2.24, 2.45) is 5.92 Å². The standard InChI is InChI=1S/C12H22N2O/c1-9(2)5-4-6-10(3)7-11-13-8-12(15)14-11/h5,10-11,13H,4,6-8H2,1-3H3,(H,14,15)/t10-,11?/m1/s1. The maximum atomic E-state index is 11.0. The van der Waals surface area contributed by atoms with Crippen LogP contribution in [-0.4, -0.2) is 18.6 Å². The number of allylic oxidation sites excluding steroid dienone is 2.